The maximum atomic E-state index is 13.6. The molecule has 1 saturated carbocycles. The second kappa shape index (κ2) is 11.8. The largest absolute Gasteiger partial charge is 0.483 e. The molecule has 2 fully saturated rings. The maximum absolute atomic E-state index is 13.6. The maximum Gasteiger partial charge on any atom is 0.282 e. The van der Waals surface area contributed by atoms with Gasteiger partial charge in [-0.05, 0) is 49.2 Å². The van der Waals surface area contributed by atoms with Crippen LogP contribution in [0.15, 0.2) is 50.8 Å². The molecule has 1 saturated heterocycles. The first kappa shape index (κ1) is 25.9. The van der Waals surface area contributed by atoms with Gasteiger partial charge in [0.2, 0.25) is 0 Å². The SMILES string of the molecule is O=C(COc1ccc(Cl)cc1C=Nn1c(C2CCCCC2)nc2ccc(Br)cc2c1=O)N1CCOCC1. The van der Waals surface area contributed by atoms with Crippen LogP contribution in [0.4, 0.5) is 0 Å². The van der Waals surface area contributed by atoms with E-state index < -0.39 is 0 Å². The van der Waals surface area contributed by atoms with E-state index >= 15 is 0 Å². The number of morpholine rings is 1. The lowest BCUT2D eigenvalue weighted by atomic mass is 9.88. The van der Waals surface area contributed by atoms with E-state index in [0.29, 0.717) is 59.4 Å². The van der Waals surface area contributed by atoms with Crippen molar-refractivity contribution < 1.29 is 14.3 Å². The van der Waals surface area contributed by atoms with E-state index in [1.54, 1.807) is 35.4 Å². The van der Waals surface area contributed by atoms with Crippen molar-refractivity contribution in [3.63, 3.8) is 0 Å². The Labute approximate surface area is 228 Å². The van der Waals surface area contributed by atoms with Crippen molar-refractivity contribution in [2.75, 3.05) is 32.9 Å². The molecule has 1 aromatic heterocycles. The summed E-state index contributed by atoms with van der Waals surface area (Å²) in [6.45, 7) is 2.05. The molecule has 0 radical (unpaired) electrons. The Kier molecular flexibility index (Phi) is 8.22. The van der Waals surface area contributed by atoms with E-state index in [-0.39, 0.29) is 24.0 Å². The lowest BCUT2D eigenvalue weighted by molar-refractivity contribution is -0.137. The molecule has 0 bridgehead atoms. The third-order valence-corrected chi connectivity index (χ3v) is 7.53. The van der Waals surface area contributed by atoms with Gasteiger partial charge >= 0.3 is 0 Å². The van der Waals surface area contributed by atoms with Crippen molar-refractivity contribution >= 4 is 50.6 Å². The van der Waals surface area contributed by atoms with Crippen molar-refractivity contribution in [1.82, 2.24) is 14.6 Å². The van der Waals surface area contributed by atoms with E-state index in [2.05, 4.69) is 21.0 Å². The lowest BCUT2D eigenvalue weighted by Crippen LogP contribution is -2.43. The fraction of sp³-hybridized carbons (Fsp3) is 0.407. The van der Waals surface area contributed by atoms with Gasteiger partial charge in [-0.15, -0.1) is 0 Å². The lowest BCUT2D eigenvalue weighted by Gasteiger charge is -2.26. The average molecular weight is 588 g/mol. The molecule has 194 valence electrons. The topological polar surface area (TPSA) is 86.0 Å². The molecular formula is C27H28BrClN4O4. The Morgan fingerprint density at radius 1 is 1.16 bits per heavy atom. The zero-order valence-electron chi connectivity index (χ0n) is 20.4. The molecule has 1 aliphatic heterocycles. The molecule has 0 N–H and O–H groups in total. The summed E-state index contributed by atoms with van der Waals surface area (Å²) in [7, 11) is 0. The van der Waals surface area contributed by atoms with Crippen molar-refractivity contribution in [2.24, 2.45) is 5.10 Å². The fourth-order valence-electron chi connectivity index (χ4n) is 4.82. The molecule has 37 heavy (non-hydrogen) atoms. The van der Waals surface area contributed by atoms with Crippen LogP contribution in [0.5, 0.6) is 5.75 Å². The zero-order chi connectivity index (χ0) is 25.8. The van der Waals surface area contributed by atoms with Gasteiger partial charge in [-0.25, -0.2) is 4.98 Å². The number of aromatic nitrogens is 2. The number of nitrogens with zero attached hydrogens (tertiary/aromatic N) is 4. The summed E-state index contributed by atoms with van der Waals surface area (Å²) >= 11 is 9.72. The van der Waals surface area contributed by atoms with E-state index in [1.807, 2.05) is 12.1 Å². The van der Waals surface area contributed by atoms with Crippen LogP contribution in [0, 0.1) is 0 Å². The van der Waals surface area contributed by atoms with Gasteiger partial charge in [0.1, 0.15) is 11.6 Å². The quantitative estimate of drug-likeness (QED) is 0.380. The molecule has 5 rings (SSSR count). The van der Waals surface area contributed by atoms with E-state index in [4.69, 9.17) is 26.1 Å². The third kappa shape index (κ3) is 6.05. The predicted molar refractivity (Wildman–Crippen MR) is 147 cm³/mol. The number of hydrogen-bond donors (Lipinski definition) is 0. The van der Waals surface area contributed by atoms with Gasteiger partial charge in [0.15, 0.2) is 6.61 Å². The molecule has 3 aromatic rings. The van der Waals surface area contributed by atoms with Crippen LogP contribution in [0.3, 0.4) is 0 Å². The van der Waals surface area contributed by atoms with Crippen LogP contribution in [0.2, 0.25) is 5.02 Å². The minimum absolute atomic E-state index is 0.110. The number of hydrogen-bond acceptors (Lipinski definition) is 6. The normalized spacial score (nSPS) is 17.0. The van der Waals surface area contributed by atoms with Crippen LogP contribution in [-0.2, 0) is 9.53 Å². The second-order valence-corrected chi connectivity index (χ2v) is 10.6. The van der Waals surface area contributed by atoms with Gasteiger partial charge in [-0.3, -0.25) is 9.59 Å². The molecule has 1 aliphatic carbocycles. The molecule has 0 spiro atoms. The van der Waals surface area contributed by atoms with Crippen molar-refractivity contribution in [2.45, 2.75) is 38.0 Å². The smallest absolute Gasteiger partial charge is 0.282 e. The molecule has 0 unspecified atom stereocenters. The van der Waals surface area contributed by atoms with Gasteiger partial charge in [0, 0.05) is 34.1 Å². The summed E-state index contributed by atoms with van der Waals surface area (Å²) in [6, 6.07) is 10.6. The highest BCUT2D eigenvalue weighted by molar-refractivity contribution is 9.10. The number of rotatable bonds is 6. The Bertz CT molecular complexity index is 1380. The van der Waals surface area contributed by atoms with Crippen LogP contribution >= 0.6 is 27.5 Å². The van der Waals surface area contributed by atoms with Gasteiger partial charge < -0.3 is 14.4 Å². The number of fused-ring (bicyclic) bond motifs is 1. The minimum Gasteiger partial charge on any atom is -0.483 e. The number of benzene rings is 2. The molecule has 2 aromatic carbocycles. The van der Waals surface area contributed by atoms with E-state index in [9.17, 15) is 9.59 Å². The summed E-state index contributed by atoms with van der Waals surface area (Å²) in [4.78, 5) is 32.8. The highest BCUT2D eigenvalue weighted by Gasteiger charge is 2.23. The summed E-state index contributed by atoms with van der Waals surface area (Å²) < 4.78 is 13.4. The van der Waals surface area contributed by atoms with E-state index in [0.717, 1.165) is 30.2 Å². The molecule has 10 heteroatoms. The van der Waals surface area contributed by atoms with Crippen LogP contribution in [0.25, 0.3) is 10.9 Å². The number of halogens is 2. The first-order valence-electron chi connectivity index (χ1n) is 12.5. The molecular weight excluding hydrogens is 560 g/mol. The Hall–Kier alpha value is -2.75. The van der Waals surface area contributed by atoms with Gasteiger partial charge in [-0.2, -0.15) is 9.78 Å². The number of ether oxygens (including phenoxy) is 2. The number of carbonyl (C=O) groups is 1. The summed E-state index contributed by atoms with van der Waals surface area (Å²) in [5, 5.41) is 5.59. The monoisotopic (exact) mass is 586 g/mol. The Morgan fingerprint density at radius 3 is 2.73 bits per heavy atom. The fourth-order valence-corrected chi connectivity index (χ4v) is 5.36. The average Bonchev–Trinajstić information content (AvgIpc) is 2.93. The minimum atomic E-state index is -0.227. The standard InChI is InChI=1S/C27H28BrClN4O4/c28-20-6-8-23-22(15-20)27(35)33(26(31-23)18-4-2-1-3-5-18)30-16-19-14-21(29)7-9-24(19)37-17-25(34)32-10-12-36-13-11-32/h6-9,14-16,18H,1-5,10-13,17H2. The van der Waals surface area contributed by atoms with Crippen LogP contribution in [-0.4, -0.2) is 59.6 Å². The molecule has 2 heterocycles. The van der Waals surface area contributed by atoms with Gasteiger partial charge in [-0.1, -0.05) is 46.8 Å². The zero-order valence-corrected chi connectivity index (χ0v) is 22.7. The second-order valence-electron chi connectivity index (χ2n) is 9.29. The molecule has 2 aliphatic rings. The van der Waals surface area contributed by atoms with Crippen molar-refractivity contribution in [3.8, 4) is 5.75 Å². The Morgan fingerprint density at radius 2 is 1.95 bits per heavy atom. The highest BCUT2D eigenvalue weighted by atomic mass is 79.9. The van der Waals surface area contributed by atoms with E-state index in [1.165, 1.54) is 11.1 Å². The van der Waals surface area contributed by atoms with Gasteiger partial charge in [0.25, 0.3) is 11.5 Å². The van der Waals surface area contributed by atoms with Crippen LogP contribution < -0.4 is 10.3 Å². The van der Waals surface area contributed by atoms with Crippen molar-refractivity contribution in [1.29, 1.82) is 0 Å². The summed E-state index contributed by atoms with van der Waals surface area (Å²) in [6.07, 6.45) is 6.90. The molecule has 1 amide bonds. The molecule has 0 atom stereocenters. The van der Waals surface area contributed by atoms with Gasteiger partial charge in [0.05, 0.1) is 30.3 Å². The van der Waals surface area contributed by atoms with Crippen LogP contribution in [0.1, 0.15) is 49.4 Å². The predicted octanol–water partition coefficient (Wildman–Crippen LogP) is 4.98. The highest BCUT2D eigenvalue weighted by Crippen LogP contribution is 2.32. The first-order chi connectivity index (χ1) is 18.0. The molecule has 8 nitrogen and oxygen atoms in total. The number of amides is 1. The summed E-state index contributed by atoms with van der Waals surface area (Å²) in [5.74, 6) is 1.18. The summed E-state index contributed by atoms with van der Waals surface area (Å²) in [5.41, 5.74) is 1.00. The number of carbonyl (C=O) groups excluding carboxylic acids is 1. The Balaban J connectivity index is 1.47. The first-order valence-corrected chi connectivity index (χ1v) is 13.7. The van der Waals surface area contributed by atoms with Crippen molar-refractivity contribution in [3.05, 3.63) is 67.6 Å². The third-order valence-electron chi connectivity index (χ3n) is 6.80.